The maximum atomic E-state index is 4.72. The smallest absolute Gasteiger partial charge is 0.124 e. The first-order valence-electron chi connectivity index (χ1n) is 8.29. The number of hydrogen-bond acceptors (Lipinski definition) is 2. The average molecular weight is 358 g/mol. The predicted molar refractivity (Wildman–Crippen MR) is 119 cm³/mol. The molecule has 1 aromatic heterocycles. The summed E-state index contributed by atoms with van der Waals surface area (Å²) >= 11 is 1.61. The number of rotatable bonds is 8. The average Bonchev–Trinajstić information content (AvgIpc) is 3.06. The summed E-state index contributed by atoms with van der Waals surface area (Å²) in [5.41, 5.74) is 5.23. The van der Waals surface area contributed by atoms with Crippen LogP contribution in [0.2, 0.25) is 0 Å². The van der Waals surface area contributed by atoms with Gasteiger partial charge in [-0.05, 0) is 36.3 Å². The number of nitrogens with zero attached hydrogens (tertiary/aromatic N) is 1. The fraction of sp³-hybridized carbons (Fsp3) is 0.0417. The van der Waals surface area contributed by atoms with Crippen LogP contribution in [0.5, 0.6) is 0 Å². The minimum Gasteiger partial charge on any atom is -0.236 e. The molecule has 26 heavy (non-hydrogen) atoms. The Morgan fingerprint density at radius 3 is 2.50 bits per heavy atom. The number of aryl methyl sites for hydroxylation is 1. The zero-order valence-corrected chi connectivity index (χ0v) is 15.9. The lowest BCUT2D eigenvalue weighted by atomic mass is 10.0. The first-order chi connectivity index (χ1) is 12.6. The first kappa shape index (κ1) is 19.4. The summed E-state index contributed by atoms with van der Waals surface area (Å²) in [5, 5.41) is 0.913. The zero-order chi connectivity index (χ0) is 18.9. The van der Waals surface area contributed by atoms with Crippen molar-refractivity contribution >= 4 is 34.6 Å². The molecule has 0 N–H and O–H groups in total. The van der Waals surface area contributed by atoms with E-state index in [9.17, 15) is 0 Å². The second-order valence-electron chi connectivity index (χ2n) is 5.60. The third kappa shape index (κ3) is 4.78. The van der Waals surface area contributed by atoms with Gasteiger partial charge in [0.2, 0.25) is 0 Å². The standard InChI is InChI=1S/C24H23NS/c1-6-10-15-23-22(9-4)25-24(26-23)21(12-7-2)17-19(8-3)20-14-11-13-18(5)16-20/h6-17H,1-4H2,5H3/b15-10-,19-17+,21-12+. The van der Waals surface area contributed by atoms with Gasteiger partial charge in [0.05, 0.1) is 10.6 Å². The highest BCUT2D eigenvalue weighted by Gasteiger charge is 2.10. The molecule has 0 saturated heterocycles. The third-order valence-electron chi connectivity index (χ3n) is 3.68. The molecule has 1 aromatic carbocycles. The largest absolute Gasteiger partial charge is 0.236 e. The normalized spacial score (nSPS) is 12.2. The van der Waals surface area contributed by atoms with Crippen molar-refractivity contribution in [3.63, 3.8) is 0 Å². The second-order valence-corrected chi connectivity index (χ2v) is 6.63. The van der Waals surface area contributed by atoms with Crippen LogP contribution in [-0.2, 0) is 0 Å². The zero-order valence-electron chi connectivity index (χ0n) is 15.1. The SMILES string of the molecule is C=C/C=C\c1sc(C(/C=C(\C=C)c2cccc(C)c2)=C/C=C)nc1C=C. The van der Waals surface area contributed by atoms with E-state index in [1.807, 2.05) is 24.3 Å². The Labute approximate surface area is 160 Å². The van der Waals surface area contributed by atoms with Crippen molar-refractivity contribution in [3.8, 4) is 0 Å². The van der Waals surface area contributed by atoms with E-state index in [-0.39, 0.29) is 0 Å². The van der Waals surface area contributed by atoms with Crippen LogP contribution in [0.1, 0.15) is 26.7 Å². The summed E-state index contributed by atoms with van der Waals surface area (Å²) in [4.78, 5) is 5.77. The number of hydrogen-bond donors (Lipinski definition) is 0. The molecule has 2 rings (SSSR count). The molecule has 2 aromatic rings. The van der Waals surface area contributed by atoms with Crippen molar-refractivity contribution in [2.24, 2.45) is 0 Å². The van der Waals surface area contributed by atoms with Crippen LogP contribution in [0.3, 0.4) is 0 Å². The molecule has 0 amide bonds. The first-order valence-corrected chi connectivity index (χ1v) is 9.11. The molecule has 130 valence electrons. The molecular formula is C24H23NS. The molecule has 0 radical (unpaired) electrons. The number of benzene rings is 1. The minimum absolute atomic E-state index is 0.863. The molecule has 0 spiro atoms. The van der Waals surface area contributed by atoms with Crippen LogP contribution in [0.25, 0.3) is 23.3 Å². The van der Waals surface area contributed by atoms with Crippen molar-refractivity contribution < 1.29 is 0 Å². The van der Waals surface area contributed by atoms with Crippen molar-refractivity contribution in [1.82, 2.24) is 4.98 Å². The summed E-state index contributed by atoms with van der Waals surface area (Å²) in [6.07, 6.45) is 15.1. The number of thiazole rings is 1. The van der Waals surface area contributed by atoms with E-state index < -0.39 is 0 Å². The topological polar surface area (TPSA) is 12.9 Å². The molecule has 2 heteroatoms. The van der Waals surface area contributed by atoms with Crippen molar-refractivity contribution in [2.75, 3.05) is 0 Å². The van der Waals surface area contributed by atoms with Gasteiger partial charge in [-0.2, -0.15) is 0 Å². The minimum atomic E-state index is 0.863. The van der Waals surface area contributed by atoms with Crippen LogP contribution in [0.15, 0.2) is 87.0 Å². The maximum absolute atomic E-state index is 4.72. The number of aromatic nitrogens is 1. The molecule has 0 unspecified atom stereocenters. The quantitative estimate of drug-likeness (QED) is 0.458. The Balaban J connectivity index is 2.54. The highest BCUT2D eigenvalue weighted by atomic mass is 32.1. The Hall–Kier alpha value is -2.97. The van der Waals surface area contributed by atoms with Gasteiger partial charge in [0, 0.05) is 5.57 Å². The van der Waals surface area contributed by atoms with Gasteiger partial charge in [0.15, 0.2) is 0 Å². The van der Waals surface area contributed by atoms with Crippen LogP contribution < -0.4 is 0 Å². The predicted octanol–water partition coefficient (Wildman–Crippen LogP) is 7.13. The Morgan fingerprint density at radius 1 is 1.08 bits per heavy atom. The van der Waals surface area contributed by atoms with Crippen molar-refractivity contribution in [1.29, 1.82) is 0 Å². The molecule has 0 atom stereocenters. The van der Waals surface area contributed by atoms with Gasteiger partial charge in [0.1, 0.15) is 5.01 Å². The van der Waals surface area contributed by atoms with Crippen LogP contribution in [0, 0.1) is 6.92 Å². The summed E-state index contributed by atoms with van der Waals surface area (Å²) in [7, 11) is 0. The second kappa shape index (κ2) is 9.50. The van der Waals surface area contributed by atoms with Crippen molar-refractivity contribution in [3.05, 3.63) is 114 Å². The van der Waals surface area contributed by atoms with Gasteiger partial charge < -0.3 is 0 Å². The molecule has 1 nitrogen and oxygen atoms in total. The molecule has 0 bridgehead atoms. The summed E-state index contributed by atoms with van der Waals surface area (Å²) in [6.45, 7) is 17.5. The van der Waals surface area contributed by atoms with E-state index in [1.54, 1.807) is 29.6 Å². The Morgan fingerprint density at radius 2 is 1.88 bits per heavy atom. The molecule has 1 heterocycles. The van der Waals surface area contributed by atoms with E-state index in [1.165, 1.54) is 5.56 Å². The van der Waals surface area contributed by atoms with E-state index in [0.717, 1.165) is 32.3 Å². The fourth-order valence-electron chi connectivity index (χ4n) is 2.45. The van der Waals surface area contributed by atoms with E-state index >= 15 is 0 Å². The molecule has 0 aliphatic rings. The van der Waals surface area contributed by atoms with Gasteiger partial charge in [-0.1, -0.05) is 86.5 Å². The molecule has 0 aliphatic heterocycles. The summed E-state index contributed by atoms with van der Waals surface area (Å²) in [5.74, 6) is 0. The van der Waals surface area contributed by atoms with E-state index in [2.05, 4.69) is 63.6 Å². The molecule has 0 fully saturated rings. The third-order valence-corrected chi connectivity index (χ3v) is 4.77. The fourth-order valence-corrected chi connectivity index (χ4v) is 3.43. The van der Waals surface area contributed by atoms with Gasteiger partial charge in [-0.15, -0.1) is 11.3 Å². The van der Waals surface area contributed by atoms with Crippen LogP contribution in [-0.4, -0.2) is 4.98 Å². The van der Waals surface area contributed by atoms with Crippen molar-refractivity contribution in [2.45, 2.75) is 6.92 Å². The number of allylic oxidation sites excluding steroid dienone is 8. The van der Waals surface area contributed by atoms with Gasteiger partial charge >= 0.3 is 0 Å². The van der Waals surface area contributed by atoms with E-state index in [0.29, 0.717) is 0 Å². The molecule has 0 saturated carbocycles. The van der Waals surface area contributed by atoms with Gasteiger partial charge in [-0.25, -0.2) is 4.98 Å². The Bertz CT molecular complexity index is 919. The van der Waals surface area contributed by atoms with Gasteiger partial charge in [0.25, 0.3) is 0 Å². The lowest BCUT2D eigenvalue weighted by molar-refractivity contribution is 1.34. The van der Waals surface area contributed by atoms with Crippen LogP contribution >= 0.6 is 11.3 Å². The van der Waals surface area contributed by atoms with Gasteiger partial charge in [-0.3, -0.25) is 0 Å². The van der Waals surface area contributed by atoms with Crippen LogP contribution in [0.4, 0.5) is 0 Å². The Kier molecular flexibility index (Phi) is 7.07. The monoisotopic (exact) mass is 357 g/mol. The van der Waals surface area contributed by atoms with E-state index in [4.69, 9.17) is 4.98 Å². The summed E-state index contributed by atoms with van der Waals surface area (Å²) in [6, 6.07) is 8.37. The molecular weight excluding hydrogens is 334 g/mol. The summed E-state index contributed by atoms with van der Waals surface area (Å²) < 4.78 is 0. The lowest BCUT2D eigenvalue weighted by Crippen LogP contribution is -1.86. The lowest BCUT2D eigenvalue weighted by Gasteiger charge is -2.05. The maximum Gasteiger partial charge on any atom is 0.124 e. The highest BCUT2D eigenvalue weighted by molar-refractivity contribution is 7.13. The highest BCUT2D eigenvalue weighted by Crippen LogP contribution is 2.30. The molecule has 0 aliphatic carbocycles.